The molecule has 0 saturated carbocycles. The van der Waals surface area contributed by atoms with Gasteiger partial charge in [0.1, 0.15) is 11.8 Å². The Bertz CT molecular complexity index is 625. The summed E-state index contributed by atoms with van der Waals surface area (Å²) >= 11 is 0. The topological polar surface area (TPSA) is 62.6 Å². The van der Waals surface area contributed by atoms with Gasteiger partial charge in [0.15, 0.2) is 5.76 Å². The van der Waals surface area contributed by atoms with E-state index in [2.05, 4.69) is 5.32 Å². The maximum absolute atomic E-state index is 13.0. The molecule has 0 spiro atoms. The van der Waals surface area contributed by atoms with Crippen molar-refractivity contribution in [2.24, 2.45) is 0 Å². The minimum absolute atomic E-state index is 0.136. The number of nitrogens with one attached hydrogen (secondary N) is 1. The van der Waals surface area contributed by atoms with Gasteiger partial charge in [0.25, 0.3) is 5.91 Å². The zero-order valence-electron chi connectivity index (χ0n) is 13.9. The van der Waals surface area contributed by atoms with E-state index in [1.807, 2.05) is 13.8 Å². The molecule has 1 aromatic heterocycles. The molecule has 0 radical (unpaired) electrons. The highest BCUT2D eigenvalue weighted by Gasteiger charge is 2.47. The van der Waals surface area contributed by atoms with E-state index in [1.54, 1.807) is 6.07 Å². The molecule has 1 aliphatic rings. The number of hydrogen-bond donors (Lipinski definition) is 1. The van der Waals surface area contributed by atoms with Crippen molar-refractivity contribution in [3.63, 3.8) is 0 Å². The molecule has 2 heterocycles. The molecule has 0 bridgehead atoms. The number of hydrogen-bond acceptors (Lipinski definition) is 3. The van der Waals surface area contributed by atoms with Gasteiger partial charge in [-0.3, -0.25) is 9.59 Å². The van der Waals surface area contributed by atoms with Crippen LogP contribution >= 0.6 is 0 Å². The molecule has 2 atom stereocenters. The Hall–Kier alpha value is -1.99. The molecule has 1 aromatic rings. The van der Waals surface area contributed by atoms with Crippen LogP contribution < -0.4 is 5.32 Å². The SMILES string of the molecule is CCc1oc(C(=O)N[C@H]2CC[C@@H](C(F)(F)F)N(C(C)=O)C2)cc1C. The van der Waals surface area contributed by atoms with Crippen LogP contribution in [0.2, 0.25) is 0 Å². The fourth-order valence-electron chi connectivity index (χ4n) is 3.02. The highest BCUT2D eigenvalue weighted by Crippen LogP contribution is 2.32. The monoisotopic (exact) mass is 346 g/mol. The van der Waals surface area contributed by atoms with Gasteiger partial charge in [-0.25, -0.2) is 0 Å². The molecule has 0 aliphatic carbocycles. The summed E-state index contributed by atoms with van der Waals surface area (Å²) in [6, 6.07) is -0.714. The lowest BCUT2D eigenvalue weighted by atomic mass is 9.97. The van der Waals surface area contributed by atoms with Crippen molar-refractivity contribution < 1.29 is 27.2 Å². The van der Waals surface area contributed by atoms with E-state index in [0.717, 1.165) is 17.4 Å². The van der Waals surface area contributed by atoms with Crippen molar-refractivity contribution in [2.75, 3.05) is 6.54 Å². The molecule has 0 unspecified atom stereocenters. The van der Waals surface area contributed by atoms with E-state index >= 15 is 0 Å². The minimum Gasteiger partial charge on any atom is -0.456 e. The average Bonchev–Trinajstić information content (AvgIpc) is 2.87. The van der Waals surface area contributed by atoms with Crippen LogP contribution in [0.3, 0.4) is 0 Å². The Morgan fingerprint density at radius 2 is 2.04 bits per heavy atom. The van der Waals surface area contributed by atoms with Crippen molar-refractivity contribution in [3.05, 3.63) is 23.2 Å². The number of likely N-dealkylation sites (tertiary alicyclic amines) is 1. The van der Waals surface area contributed by atoms with Gasteiger partial charge in [0, 0.05) is 25.9 Å². The third-order valence-corrected chi connectivity index (χ3v) is 4.26. The van der Waals surface area contributed by atoms with Crippen LogP contribution in [-0.4, -0.2) is 41.5 Å². The van der Waals surface area contributed by atoms with Gasteiger partial charge in [0.05, 0.1) is 0 Å². The second-order valence-electron chi connectivity index (χ2n) is 6.05. The van der Waals surface area contributed by atoms with Crippen LogP contribution in [0.5, 0.6) is 0 Å². The lowest BCUT2D eigenvalue weighted by molar-refractivity contribution is -0.196. The zero-order valence-corrected chi connectivity index (χ0v) is 13.9. The molecule has 2 amide bonds. The summed E-state index contributed by atoms with van der Waals surface area (Å²) in [6.45, 7) is 4.67. The van der Waals surface area contributed by atoms with Crippen molar-refractivity contribution in [1.29, 1.82) is 0 Å². The fraction of sp³-hybridized carbons (Fsp3) is 0.625. The van der Waals surface area contributed by atoms with Gasteiger partial charge in [0.2, 0.25) is 5.91 Å². The molecular weight excluding hydrogens is 325 g/mol. The van der Waals surface area contributed by atoms with Crippen LogP contribution in [0.15, 0.2) is 10.5 Å². The molecule has 1 aliphatic heterocycles. The van der Waals surface area contributed by atoms with E-state index in [0.29, 0.717) is 12.2 Å². The Morgan fingerprint density at radius 3 is 2.54 bits per heavy atom. The number of furan rings is 1. The molecule has 1 fully saturated rings. The van der Waals surface area contributed by atoms with Crippen LogP contribution in [0.25, 0.3) is 0 Å². The maximum Gasteiger partial charge on any atom is 0.408 e. The van der Waals surface area contributed by atoms with Gasteiger partial charge in [-0.2, -0.15) is 13.2 Å². The normalized spacial score (nSPS) is 21.7. The second-order valence-corrected chi connectivity index (χ2v) is 6.05. The number of rotatable bonds is 3. The van der Waals surface area contributed by atoms with Gasteiger partial charge in [-0.1, -0.05) is 6.92 Å². The predicted octanol–water partition coefficient (Wildman–Crippen LogP) is 2.82. The highest BCUT2D eigenvalue weighted by molar-refractivity contribution is 5.92. The van der Waals surface area contributed by atoms with Crippen LogP contribution in [0.1, 0.15) is 48.6 Å². The summed E-state index contributed by atoms with van der Waals surface area (Å²) in [6.07, 6.45) is -3.89. The first kappa shape index (κ1) is 18.4. The number of amides is 2. The minimum atomic E-state index is -4.46. The summed E-state index contributed by atoms with van der Waals surface area (Å²) in [7, 11) is 0. The van der Waals surface area contributed by atoms with E-state index < -0.39 is 30.1 Å². The van der Waals surface area contributed by atoms with E-state index in [1.165, 1.54) is 0 Å². The molecule has 8 heteroatoms. The first-order chi connectivity index (χ1) is 11.1. The lowest BCUT2D eigenvalue weighted by Gasteiger charge is -2.40. The smallest absolute Gasteiger partial charge is 0.408 e. The predicted molar refractivity (Wildman–Crippen MR) is 80.5 cm³/mol. The summed E-state index contributed by atoms with van der Waals surface area (Å²) in [5, 5.41) is 2.66. The van der Waals surface area contributed by atoms with Crippen molar-refractivity contribution in [1.82, 2.24) is 10.2 Å². The average molecular weight is 346 g/mol. The highest BCUT2D eigenvalue weighted by atomic mass is 19.4. The molecular formula is C16H21F3N2O3. The fourth-order valence-corrected chi connectivity index (χ4v) is 3.02. The van der Waals surface area contributed by atoms with E-state index in [9.17, 15) is 22.8 Å². The lowest BCUT2D eigenvalue weighted by Crippen LogP contribution is -2.57. The van der Waals surface area contributed by atoms with Gasteiger partial charge < -0.3 is 14.6 Å². The third-order valence-electron chi connectivity index (χ3n) is 4.26. The molecule has 1 N–H and O–H groups in total. The Balaban J connectivity index is 2.05. The molecule has 0 aromatic carbocycles. The Morgan fingerprint density at radius 1 is 1.38 bits per heavy atom. The number of carbonyl (C=O) groups is 2. The molecule has 24 heavy (non-hydrogen) atoms. The number of aryl methyl sites for hydroxylation is 2. The van der Waals surface area contributed by atoms with E-state index in [-0.39, 0.29) is 25.1 Å². The molecule has 2 rings (SSSR count). The van der Waals surface area contributed by atoms with Gasteiger partial charge >= 0.3 is 6.18 Å². The van der Waals surface area contributed by atoms with Crippen molar-refractivity contribution in [2.45, 2.75) is 58.3 Å². The zero-order chi connectivity index (χ0) is 18.1. The first-order valence-corrected chi connectivity index (χ1v) is 7.87. The van der Waals surface area contributed by atoms with Gasteiger partial charge in [-0.15, -0.1) is 0 Å². The molecule has 134 valence electrons. The van der Waals surface area contributed by atoms with E-state index in [4.69, 9.17) is 4.42 Å². The molecule has 1 saturated heterocycles. The quantitative estimate of drug-likeness (QED) is 0.915. The van der Waals surface area contributed by atoms with Gasteiger partial charge in [-0.05, 0) is 31.4 Å². The number of alkyl halides is 3. The Kier molecular flexibility index (Phi) is 5.25. The summed E-state index contributed by atoms with van der Waals surface area (Å²) in [5.74, 6) is -0.293. The van der Waals surface area contributed by atoms with Crippen molar-refractivity contribution in [3.8, 4) is 0 Å². The standard InChI is InChI=1S/C16H21F3N2O3/c1-4-12-9(2)7-13(24-12)15(23)20-11-5-6-14(16(17,18)19)21(8-11)10(3)22/h7,11,14H,4-6,8H2,1-3H3,(H,20,23)/t11-,14-/m0/s1. The van der Waals surface area contributed by atoms with Crippen LogP contribution in [0.4, 0.5) is 13.2 Å². The number of halogens is 3. The summed E-state index contributed by atoms with van der Waals surface area (Å²) in [4.78, 5) is 24.5. The largest absolute Gasteiger partial charge is 0.456 e. The second kappa shape index (κ2) is 6.86. The van der Waals surface area contributed by atoms with Crippen LogP contribution in [0, 0.1) is 6.92 Å². The van der Waals surface area contributed by atoms with Crippen LogP contribution in [-0.2, 0) is 11.2 Å². The van der Waals surface area contributed by atoms with Crippen molar-refractivity contribution >= 4 is 11.8 Å². The first-order valence-electron chi connectivity index (χ1n) is 7.87. The summed E-state index contributed by atoms with van der Waals surface area (Å²) in [5.41, 5.74) is 0.855. The molecule has 5 nitrogen and oxygen atoms in total. The number of carbonyl (C=O) groups excluding carboxylic acids is 2. The Labute approximate surface area is 138 Å². The third kappa shape index (κ3) is 3.91. The number of nitrogens with zero attached hydrogens (tertiary/aromatic N) is 1. The summed E-state index contributed by atoms with van der Waals surface area (Å²) < 4.78 is 44.4. The number of piperidine rings is 1. The maximum atomic E-state index is 13.0.